The Morgan fingerprint density at radius 3 is 2.50 bits per heavy atom. The molecule has 0 atom stereocenters. The number of rotatable bonds is 4. The van der Waals surface area contributed by atoms with Crippen LogP contribution in [0.1, 0.15) is 65.1 Å². The van der Waals surface area contributed by atoms with E-state index in [1.165, 1.54) is 12.5 Å². The first-order chi connectivity index (χ1) is 16.8. The van der Waals surface area contributed by atoms with Gasteiger partial charge in [-0.25, -0.2) is 9.37 Å². The molecule has 1 saturated carbocycles. The summed E-state index contributed by atoms with van der Waals surface area (Å²) in [7, 11) is 0. The molecule has 2 aliphatic rings. The van der Waals surface area contributed by atoms with E-state index in [-0.39, 0.29) is 17.1 Å². The summed E-state index contributed by atoms with van der Waals surface area (Å²) in [6.45, 7) is 0.902. The van der Waals surface area contributed by atoms with Crippen LogP contribution < -0.4 is 16.0 Å². The van der Waals surface area contributed by atoms with Crippen molar-refractivity contribution >= 4 is 35.0 Å². The van der Waals surface area contributed by atoms with Gasteiger partial charge in [0.15, 0.2) is 5.69 Å². The number of nitrogens with two attached hydrogens (primary N) is 1. The van der Waals surface area contributed by atoms with Crippen molar-refractivity contribution in [3.8, 4) is 0 Å². The summed E-state index contributed by atoms with van der Waals surface area (Å²) in [6, 6.07) is 3.00. The van der Waals surface area contributed by atoms with Crippen LogP contribution in [0.25, 0.3) is 0 Å². The van der Waals surface area contributed by atoms with Crippen LogP contribution in [0.5, 0.6) is 0 Å². The molecule has 1 aromatic heterocycles. The minimum Gasteiger partial charge on any atom is -0.364 e. The van der Waals surface area contributed by atoms with Crippen molar-refractivity contribution in [3.05, 3.63) is 46.3 Å². The number of nitrogens with zero attached hydrogens (tertiary/aromatic N) is 2. The Labute approximate surface area is 209 Å². The van der Waals surface area contributed by atoms with Gasteiger partial charge in [0, 0.05) is 6.54 Å². The van der Waals surface area contributed by atoms with Gasteiger partial charge in [0.2, 0.25) is 5.91 Å². The highest BCUT2D eigenvalue weighted by Crippen LogP contribution is 2.47. The van der Waals surface area contributed by atoms with E-state index >= 15 is 0 Å². The zero-order valence-corrected chi connectivity index (χ0v) is 20.2. The molecule has 13 heteroatoms. The van der Waals surface area contributed by atoms with Crippen molar-refractivity contribution in [2.45, 2.75) is 51.6 Å². The van der Waals surface area contributed by atoms with Crippen LogP contribution in [-0.4, -0.2) is 47.0 Å². The number of benzene rings is 1. The Bertz CT molecular complexity index is 1150. The van der Waals surface area contributed by atoms with E-state index in [1.54, 1.807) is 23.2 Å². The van der Waals surface area contributed by atoms with Gasteiger partial charge in [-0.3, -0.25) is 14.4 Å². The van der Waals surface area contributed by atoms with Crippen LogP contribution >= 0.6 is 11.6 Å². The van der Waals surface area contributed by atoms with Gasteiger partial charge < -0.3 is 20.9 Å². The van der Waals surface area contributed by atoms with Crippen LogP contribution in [0.2, 0.25) is 5.02 Å². The zero-order chi connectivity index (χ0) is 26.7. The summed E-state index contributed by atoms with van der Waals surface area (Å²) in [6.07, 6.45) is 2.83. The number of nitrogens with one attached hydrogen (secondary N) is 2. The monoisotopic (exact) mass is 531 g/mol. The molecule has 1 spiro atoms. The lowest BCUT2D eigenvalue weighted by molar-refractivity contribution is -0.127. The van der Waals surface area contributed by atoms with Gasteiger partial charge in [-0.2, -0.15) is 13.2 Å². The molecule has 3 amide bonds. The second kappa shape index (κ2) is 10.9. The molecule has 0 unspecified atom stereocenters. The van der Waals surface area contributed by atoms with E-state index in [0.29, 0.717) is 22.8 Å². The first-order valence-corrected chi connectivity index (χ1v) is 11.7. The number of hydrogen-bond donors (Lipinski definition) is 3. The van der Waals surface area contributed by atoms with Gasteiger partial charge in [-0.05, 0) is 43.9 Å². The summed E-state index contributed by atoms with van der Waals surface area (Å²) >= 11 is 6.14. The van der Waals surface area contributed by atoms with Crippen LogP contribution in [0, 0.1) is 18.2 Å². The van der Waals surface area contributed by atoms with Gasteiger partial charge in [-0.15, -0.1) is 0 Å². The average Bonchev–Trinajstić information content (AvgIpc) is 3.42. The maximum atomic E-state index is 13.5. The van der Waals surface area contributed by atoms with Gasteiger partial charge in [0.05, 0.1) is 22.5 Å². The molecule has 1 aliphatic carbocycles. The molecule has 36 heavy (non-hydrogen) atoms. The van der Waals surface area contributed by atoms with Gasteiger partial charge >= 0.3 is 6.18 Å². The first kappa shape index (κ1) is 27.4. The number of alkyl halides is 3. The number of primary amides is 1. The molecular formula is C23H26ClF4N5O3. The lowest BCUT2D eigenvalue weighted by Gasteiger charge is -2.31. The van der Waals surface area contributed by atoms with Crippen LogP contribution in [0.4, 0.5) is 23.2 Å². The second-order valence-corrected chi connectivity index (χ2v) is 9.30. The van der Waals surface area contributed by atoms with Crippen LogP contribution in [0.15, 0.2) is 18.5 Å². The standard InChI is InChI=1S/C16H19ClFNO.C7H7F3N4O2/c1-11-9-14(12(17)10-13(11)18)19-8-7-16(15(19)20)5-3-2-4-6-16;8-7(9,10)1-12-6(16)4-3(5(11)15)13-2-14-4/h9-10H,2-8H2,1H3;2H,1H2,(H2,11,15)(H,12,16)(H,13,14). The highest BCUT2D eigenvalue weighted by Gasteiger charge is 2.47. The molecule has 1 aromatic carbocycles. The Hall–Kier alpha value is -3.15. The summed E-state index contributed by atoms with van der Waals surface area (Å²) in [4.78, 5) is 42.1. The topological polar surface area (TPSA) is 121 Å². The molecule has 4 rings (SSSR count). The molecule has 2 fully saturated rings. The Morgan fingerprint density at radius 2 is 1.89 bits per heavy atom. The number of aromatic amines is 1. The Kier molecular flexibility index (Phi) is 8.27. The smallest absolute Gasteiger partial charge is 0.364 e. The Morgan fingerprint density at radius 1 is 1.22 bits per heavy atom. The number of imidazole rings is 1. The predicted molar refractivity (Wildman–Crippen MR) is 124 cm³/mol. The fraction of sp³-hybridized carbons (Fsp3) is 0.478. The van der Waals surface area contributed by atoms with Gasteiger partial charge in [-0.1, -0.05) is 30.9 Å². The molecular weight excluding hydrogens is 506 g/mol. The Balaban J connectivity index is 0.000000207. The number of carbonyl (C=O) groups excluding carboxylic acids is 3. The van der Waals surface area contributed by atoms with Crippen molar-refractivity contribution in [3.63, 3.8) is 0 Å². The fourth-order valence-electron chi connectivity index (χ4n) is 4.51. The minimum atomic E-state index is -4.53. The number of aromatic nitrogens is 2. The summed E-state index contributed by atoms with van der Waals surface area (Å²) in [5.74, 6) is -2.23. The average molecular weight is 532 g/mol. The van der Waals surface area contributed by atoms with E-state index in [9.17, 15) is 31.9 Å². The van der Waals surface area contributed by atoms with Gasteiger partial charge in [0.25, 0.3) is 11.8 Å². The SMILES string of the molecule is Cc1cc(N2CCC3(CCCCC3)C2=O)c(Cl)cc1F.NC(=O)c1nc[nH]c1C(=O)NCC(F)(F)F. The number of carbonyl (C=O) groups is 3. The third-order valence-electron chi connectivity index (χ3n) is 6.39. The molecule has 2 heterocycles. The second-order valence-electron chi connectivity index (χ2n) is 8.89. The van der Waals surface area contributed by atoms with E-state index in [1.807, 2.05) is 0 Å². The van der Waals surface area contributed by atoms with Crippen molar-refractivity contribution in [2.24, 2.45) is 11.1 Å². The molecule has 1 aliphatic heterocycles. The minimum absolute atomic E-state index is 0.177. The van der Waals surface area contributed by atoms with Crippen molar-refractivity contribution < 1.29 is 31.9 Å². The maximum Gasteiger partial charge on any atom is 0.405 e. The number of H-pyrrole nitrogens is 1. The van der Waals surface area contributed by atoms with E-state index in [4.69, 9.17) is 17.3 Å². The first-order valence-electron chi connectivity index (χ1n) is 11.3. The summed E-state index contributed by atoms with van der Waals surface area (Å²) < 4.78 is 48.9. The molecule has 0 bridgehead atoms. The fourth-order valence-corrected chi connectivity index (χ4v) is 4.77. The number of anilines is 1. The van der Waals surface area contributed by atoms with Crippen LogP contribution in [0.3, 0.4) is 0 Å². The number of halogens is 5. The molecule has 2 aromatic rings. The largest absolute Gasteiger partial charge is 0.405 e. The highest BCUT2D eigenvalue weighted by molar-refractivity contribution is 6.34. The van der Waals surface area contributed by atoms with E-state index in [0.717, 1.165) is 38.4 Å². The number of amides is 3. The summed E-state index contributed by atoms with van der Waals surface area (Å²) in [5.41, 5.74) is 5.08. The molecule has 8 nitrogen and oxygen atoms in total. The lowest BCUT2D eigenvalue weighted by Crippen LogP contribution is -2.36. The van der Waals surface area contributed by atoms with Gasteiger partial charge in [0.1, 0.15) is 18.1 Å². The van der Waals surface area contributed by atoms with Crippen LogP contribution in [-0.2, 0) is 4.79 Å². The van der Waals surface area contributed by atoms with Crippen molar-refractivity contribution in [1.82, 2.24) is 15.3 Å². The normalized spacial score (nSPS) is 17.1. The highest BCUT2D eigenvalue weighted by atomic mass is 35.5. The summed E-state index contributed by atoms with van der Waals surface area (Å²) in [5, 5.41) is 1.91. The predicted octanol–water partition coefficient (Wildman–Crippen LogP) is 4.28. The molecule has 0 radical (unpaired) electrons. The lowest BCUT2D eigenvalue weighted by atomic mass is 9.73. The number of hydrogen-bond acceptors (Lipinski definition) is 4. The quantitative estimate of drug-likeness (QED) is 0.510. The van der Waals surface area contributed by atoms with E-state index in [2.05, 4.69) is 9.97 Å². The third kappa shape index (κ3) is 6.15. The zero-order valence-electron chi connectivity index (χ0n) is 19.5. The van der Waals surface area contributed by atoms with E-state index < -0.39 is 35.9 Å². The molecule has 4 N–H and O–H groups in total. The maximum absolute atomic E-state index is 13.5. The van der Waals surface area contributed by atoms with Crippen molar-refractivity contribution in [1.29, 1.82) is 0 Å². The molecule has 1 saturated heterocycles. The number of aryl methyl sites for hydroxylation is 1. The molecule has 196 valence electrons. The van der Waals surface area contributed by atoms with Crippen molar-refractivity contribution in [2.75, 3.05) is 18.0 Å². The third-order valence-corrected chi connectivity index (χ3v) is 6.69.